The summed E-state index contributed by atoms with van der Waals surface area (Å²) in [7, 11) is 0. The van der Waals surface area contributed by atoms with E-state index < -0.39 is 0 Å². The summed E-state index contributed by atoms with van der Waals surface area (Å²) in [6.45, 7) is 8.46. The van der Waals surface area contributed by atoms with Crippen molar-refractivity contribution in [3.63, 3.8) is 0 Å². The van der Waals surface area contributed by atoms with E-state index in [9.17, 15) is 9.59 Å². The molecule has 0 radical (unpaired) electrons. The van der Waals surface area contributed by atoms with Gasteiger partial charge in [0.05, 0.1) is 0 Å². The third-order valence-corrected chi connectivity index (χ3v) is 6.86. The molecule has 3 aliphatic rings. The number of nitrogens with zero attached hydrogens (tertiary/aromatic N) is 4. The van der Waals surface area contributed by atoms with Gasteiger partial charge in [-0.3, -0.25) is 14.5 Å². The minimum Gasteiger partial charge on any atom is -0.351 e. The Morgan fingerprint density at radius 3 is 2.67 bits per heavy atom. The summed E-state index contributed by atoms with van der Waals surface area (Å²) >= 11 is 0. The lowest BCUT2D eigenvalue weighted by Crippen LogP contribution is -2.43. The van der Waals surface area contributed by atoms with E-state index >= 15 is 0 Å². The lowest BCUT2D eigenvalue weighted by Gasteiger charge is -2.37. The molecule has 4 rings (SSSR count). The number of nitrogens with one attached hydrogen (secondary N) is 1. The second-order valence-corrected chi connectivity index (χ2v) is 9.57. The molecule has 0 saturated heterocycles. The van der Waals surface area contributed by atoms with Crippen molar-refractivity contribution in [2.24, 2.45) is 5.92 Å². The molecule has 7 nitrogen and oxygen atoms in total. The van der Waals surface area contributed by atoms with E-state index in [0.29, 0.717) is 42.6 Å². The standard InChI is InChI=1S/C23H37N5O2/c1-17(2)28(19-7-4-3-5-8-19)12-6-11-24-22(29)20-16-26-13-14-27(15-18-9-10-18)23(30)21(26)25-20/h16-19H,3-15H2,1-2H3,(H,24,29). The van der Waals surface area contributed by atoms with E-state index in [1.807, 2.05) is 9.47 Å². The molecule has 2 aliphatic carbocycles. The van der Waals surface area contributed by atoms with E-state index in [1.165, 1.54) is 44.9 Å². The van der Waals surface area contributed by atoms with Crippen LogP contribution in [-0.2, 0) is 6.54 Å². The number of rotatable bonds is 9. The summed E-state index contributed by atoms with van der Waals surface area (Å²) in [4.78, 5) is 34.1. The van der Waals surface area contributed by atoms with Crippen LogP contribution in [0.3, 0.4) is 0 Å². The quantitative estimate of drug-likeness (QED) is 0.630. The maximum atomic E-state index is 12.7. The SMILES string of the molecule is CC(C)N(CCCNC(=O)c1cn2c(n1)C(=O)N(CC1CC1)CC2)C1CCCCC1. The fourth-order valence-corrected chi connectivity index (χ4v) is 4.95. The zero-order valence-electron chi connectivity index (χ0n) is 18.6. The molecule has 0 aromatic carbocycles. The first-order chi connectivity index (χ1) is 14.5. The summed E-state index contributed by atoms with van der Waals surface area (Å²) < 4.78 is 1.84. The number of hydrogen-bond acceptors (Lipinski definition) is 4. The third-order valence-electron chi connectivity index (χ3n) is 6.86. The first kappa shape index (κ1) is 21.3. The molecule has 166 valence electrons. The van der Waals surface area contributed by atoms with Crippen LogP contribution in [0.15, 0.2) is 6.20 Å². The monoisotopic (exact) mass is 415 g/mol. The van der Waals surface area contributed by atoms with Gasteiger partial charge < -0.3 is 14.8 Å². The predicted octanol–water partition coefficient (Wildman–Crippen LogP) is 2.91. The van der Waals surface area contributed by atoms with Gasteiger partial charge in [0.25, 0.3) is 11.8 Å². The van der Waals surface area contributed by atoms with Gasteiger partial charge >= 0.3 is 0 Å². The van der Waals surface area contributed by atoms with Gasteiger partial charge in [-0.15, -0.1) is 0 Å². The Bertz CT molecular complexity index is 749. The van der Waals surface area contributed by atoms with Crippen molar-refractivity contribution in [2.45, 2.75) is 83.8 Å². The van der Waals surface area contributed by atoms with Crippen LogP contribution in [0.2, 0.25) is 0 Å². The van der Waals surface area contributed by atoms with Crippen molar-refractivity contribution in [3.05, 3.63) is 17.7 Å². The van der Waals surface area contributed by atoms with Gasteiger partial charge in [-0.2, -0.15) is 0 Å². The van der Waals surface area contributed by atoms with Crippen LogP contribution < -0.4 is 5.32 Å². The summed E-state index contributed by atoms with van der Waals surface area (Å²) in [6, 6.07) is 1.23. The molecule has 0 atom stereocenters. The van der Waals surface area contributed by atoms with Crippen LogP contribution in [0.5, 0.6) is 0 Å². The Kier molecular flexibility index (Phi) is 6.76. The van der Waals surface area contributed by atoms with Gasteiger partial charge in [-0.25, -0.2) is 4.98 Å². The second-order valence-electron chi connectivity index (χ2n) is 9.57. The van der Waals surface area contributed by atoms with Crippen molar-refractivity contribution in [3.8, 4) is 0 Å². The highest BCUT2D eigenvalue weighted by molar-refractivity contribution is 5.96. The number of amides is 2. The molecule has 2 fully saturated rings. The summed E-state index contributed by atoms with van der Waals surface area (Å²) in [6.07, 6.45) is 11.8. The molecule has 2 heterocycles. The minimum absolute atomic E-state index is 0.0349. The van der Waals surface area contributed by atoms with Crippen LogP contribution in [0, 0.1) is 5.92 Å². The van der Waals surface area contributed by atoms with E-state index in [-0.39, 0.29) is 11.8 Å². The van der Waals surface area contributed by atoms with Crippen molar-refractivity contribution in [2.75, 3.05) is 26.2 Å². The molecule has 2 amide bonds. The molecule has 2 saturated carbocycles. The van der Waals surface area contributed by atoms with Gasteiger partial charge in [-0.05, 0) is 51.9 Å². The van der Waals surface area contributed by atoms with Crippen molar-refractivity contribution in [1.82, 2.24) is 24.7 Å². The zero-order valence-corrected chi connectivity index (χ0v) is 18.6. The molecule has 1 aliphatic heterocycles. The molecule has 30 heavy (non-hydrogen) atoms. The van der Waals surface area contributed by atoms with Crippen LogP contribution in [0.4, 0.5) is 0 Å². The van der Waals surface area contributed by atoms with Crippen LogP contribution in [0.1, 0.15) is 86.3 Å². The van der Waals surface area contributed by atoms with Crippen LogP contribution in [-0.4, -0.2) is 69.4 Å². The number of carbonyl (C=O) groups excluding carboxylic acids is 2. The molecule has 0 unspecified atom stereocenters. The van der Waals surface area contributed by atoms with E-state index in [4.69, 9.17) is 0 Å². The molecular weight excluding hydrogens is 378 g/mol. The largest absolute Gasteiger partial charge is 0.351 e. The lowest BCUT2D eigenvalue weighted by molar-refractivity contribution is 0.0688. The highest BCUT2D eigenvalue weighted by Crippen LogP contribution is 2.30. The molecule has 1 N–H and O–H groups in total. The fourth-order valence-electron chi connectivity index (χ4n) is 4.95. The molecule has 0 spiro atoms. The number of aromatic nitrogens is 2. The van der Waals surface area contributed by atoms with Gasteiger partial charge in [0.2, 0.25) is 0 Å². The minimum atomic E-state index is -0.174. The molecule has 1 aromatic heterocycles. The van der Waals surface area contributed by atoms with Crippen molar-refractivity contribution >= 4 is 11.8 Å². The predicted molar refractivity (Wildman–Crippen MR) is 117 cm³/mol. The number of carbonyl (C=O) groups is 2. The first-order valence-electron chi connectivity index (χ1n) is 11.9. The number of imidazole rings is 1. The highest BCUT2D eigenvalue weighted by atomic mass is 16.2. The van der Waals surface area contributed by atoms with Gasteiger partial charge in [0.1, 0.15) is 5.69 Å². The summed E-state index contributed by atoms with van der Waals surface area (Å²) in [5.41, 5.74) is 0.361. The second kappa shape index (κ2) is 9.50. The first-order valence-corrected chi connectivity index (χ1v) is 11.9. The van der Waals surface area contributed by atoms with Crippen LogP contribution in [0.25, 0.3) is 0 Å². The maximum Gasteiger partial charge on any atom is 0.289 e. The summed E-state index contributed by atoms with van der Waals surface area (Å²) in [5.74, 6) is 0.868. The lowest BCUT2D eigenvalue weighted by atomic mass is 9.93. The average Bonchev–Trinajstić information content (AvgIpc) is 3.45. The Labute approximate surface area is 180 Å². The Balaban J connectivity index is 1.26. The zero-order chi connectivity index (χ0) is 21.1. The van der Waals surface area contributed by atoms with Crippen LogP contribution >= 0.6 is 0 Å². The smallest absolute Gasteiger partial charge is 0.289 e. The van der Waals surface area contributed by atoms with Gasteiger partial charge in [-0.1, -0.05) is 19.3 Å². The maximum absolute atomic E-state index is 12.7. The van der Waals surface area contributed by atoms with E-state index in [2.05, 4.69) is 29.0 Å². The summed E-state index contributed by atoms with van der Waals surface area (Å²) in [5, 5.41) is 3.01. The van der Waals surface area contributed by atoms with E-state index in [0.717, 1.165) is 26.1 Å². The normalized spacial score (nSPS) is 20.1. The van der Waals surface area contributed by atoms with Gasteiger partial charge in [0, 0.05) is 51.0 Å². The Hall–Kier alpha value is -1.89. The van der Waals surface area contributed by atoms with Gasteiger partial charge in [0.15, 0.2) is 5.82 Å². The van der Waals surface area contributed by atoms with Crippen molar-refractivity contribution < 1.29 is 9.59 Å². The molecule has 0 bridgehead atoms. The molecule has 7 heteroatoms. The topological polar surface area (TPSA) is 70.5 Å². The van der Waals surface area contributed by atoms with E-state index in [1.54, 1.807) is 6.20 Å². The number of hydrogen-bond donors (Lipinski definition) is 1. The fraction of sp³-hybridized carbons (Fsp3) is 0.783. The average molecular weight is 416 g/mol. The Morgan fingerprint density at radius 1 is 1.20 bits per heavy atom. The molecule has 1 aromatic rings. The number of fused-ring (bicyclic) bond motifs is 1. The highest BCUT2D eigenvalue weighted by Gasteiger charge is 2.32. The Morgan fingerprint density at radius 2 is 1.97 bits per heavy atom. The molecular formula is C23H37N5O2. The van der Waals surface area contributed by atoms with Crippen molar-refractivity contribution in [1.29, 1.82) is 0 Å². The third kappa shape index (κ3) is 5.05.